The molecule has 1 N–H and O–H groups in total. The Morgan fingerprint density at radius 2 is 2.19 bits per heavy atom. The van der Waals surface area contributed by atoms with E-state index in [1.54, 1.807) is 24.7 Å². The molecule has 2 aromatic rings. The molecule has 1 aromatic heterocycles. The molecule has 2 rings (SSSR count). The second kappa shape index (κ2) is 6.78. The molecule has 21 heavy (non-hydrogen) atoms. The van der Waals surface area contributed by atoms with Gasteiger partial charge < -0.3 is 19.1 Å². The summed E-state index contributed by atoms with van der Waals surface area (Å²) in [5.74, 6) is -0.142. The summed E-state index contributed by atoms with van der Waals surface area (Å²) in [6.45, 7) is 2.83. The Kier molecular flexibility index (Phi) is 4.81. The van der Waals surface area contributed by atoms with Crippen LogP contribution in [0.5, 0.6) is 11.5 Å². The molecule has 6 heteroatoms. The SMILES string of the molecule is CCCOc1ccc(C(=O)O)c(OCc2cncn2C)c1. The van der Waals surface area contributed by atoms with E-state index in [1.165, 1.54) is 6.07 Å². The Bertz CT molecular complexity index is 622. The number of nitrogens with zero attached hydrogens (tertiary/aromatic N) is 2. The number of benzene rings is 1. The topological polar surface area (TPSA) is 73.6 Å². The molecular formula is C15H18N2O4. The van der Waals surface area contributed by atoms with Crippen LogP contribution in [-0.2, 0) is 13.7 Å². The van der Waals surface area contributed by atoms with E-state index in [4.69, 9.17) is 9.47 Å². The molecule has 0 spiro atoms. The summed E-state index contributed by atoms with van der Waals surface area (Å²) in [4.78, 5) is 15.2. The predicted molar refractivity (Wildman–Crippen MR) is 76.7 cm³/mol. The first-order valence-electron chi connectivity index (χ1n) is 6.70. The number of rotatable bonds is 7. The van der Waals surface area contributed by atoms with Crippen LogP contribution in [0.3, 0.4) is 0 Å². The van der Waals surface area contributed by atoms with Crippen molar-refractivity contribution in [2.24, 2.45) is 7.05 Å². The third kappa shape index (κ3) is 3.75. The summed E-state index contributed by atoms with van der Waals surface area (Å²) >= 11 is 0. The lowest BCUT2D eigenvalue weighted by atomic mass is 10.2. The zero-order chi connectivity index (χ0) is 15.2. The summed E-state index contributed by atoms with van der Waals surface area (Å²) in [6, 6.07) is 4.73. The first kappa shape index (κ1) is 14.9. The third-order valence-electron chi connectivity index (χ3n) is 2.95. The lowest BCUT2D eigenvalue weighted by molar-refractivity contribution is 0.0691. The average molecular weight is 290 g/mol. The van der Waals surface area contributed by atoms with Crippen LogP contribution in [0, 0.1) is 0 Å². The van der Waals surface area contributed by atoms with Crippen molar-refractivity contribution in [3.8, 4) is 11.5 Å². The first-order chi connectivity index (χ1) is 10.1. The number of carboxylic acid groups (broad SMARTS) is 1. The van der Waals surface area contributed by atoms with E-state index in [0.29, 0.717) is 12.4 Å². The number of carbonyl (C=O) groups is 1. The molecule has 0 aliphatic heterocycles. The maximum atomic E-state index is 11.2. The molecule has 0 bridgehead atoms. The fraction of sp³-hybridized carbons (Fsp3) is 0.333. The third-order valence-corrected chi connectivity index (χ3v) is 2.95. The van der Waals surface area contributed by atoms with Crippen LogP contribution in [0.4, 0.5) is 0 Å². The van der Waals surface area contributed by atoms with Crippen molar-refractivity contribution in [2.75, 3.05) is 6.61 Å². The minimum absolute atomic E-state index is 0.112. The zero-order valence-corrected chi connectivity index (χ0v) is 12.1. The summed E-state index contributed by atoms with van der Waals surface area (Å²) in [7, 11) is 1.85. The number of aromatic nitrogens is 2. The minimum Gasteiger partial charge on any atom is -0.493 e. The fourth-order valence-electron chi connectivity index (χ4n) is 1.78. The van der Waals surface area contributed by atoms with E-state index >= 15 is 0 Å². The lowest BCUT2D eigenvalue weighted by Crippen LogP contribution is -2.06. The van der Waals surface area contributed by atoms with Gasteiger partial charge in [-0.2, -0.15) is 0 Å². The molecule has 0 saturated carbocycles. The van der Waals surface area contributed by atoms with Gasteiger partial charge in [-0.05, 0) is 18.6 Å². The molecule has 0 aliphatic rings. The van der Waals surface area contributed by atoms with Crippen molar-refractivity contribution >= 4 is 5.97 Å². The first-order valence-corrected chi connectivity index (χ1v) is 6.70. The van der Waals surface area contributed by atoms with Gasteiger partial charge in [0, 0.05) is 13.1 Å². The zero-order valence-electron chi connectivity index (χ0n) is 12.1. The van der Waals surface area contributed by atoms with Gasteiger partial charge >= 0.3 is 5.97 Å². The summed E-state index contributed by atoms with van der Waals surface area (Å²) in [5, 5.41) is 9.21. The maximum Gasteiger partial charge on any atom is 0.339 e. The van der Waals surface area contributed by atoms with E-state index in [1.807, 2.05) is 18.5 Å². The Morgan fingerprint density at radius 1 is 1.38 bits per heavy atom. The quantitative estimate of drug-likeness (QED) is 0.848. The second-order valence-corrected chi connectivity index (χ2v) is 4.60. The van der Waals surface area contributed by atoms with Gasteiger partial charge in [0.15, 0.2) is 0 Å². The van der Waals surface area contributed by atoms with Crippen molar-refractivity contribution in [3.05, 3.63) is 42.0 Å². The molecule has 6 nitrogen and oxygen atoms in total. The average Bonchev–Trinajstić information content (AvgIpc) is 2.88. The van der Waals surface area contributed by atoms with Crippen LogP contribution in [-0.4, -0.2) is 27.2 Å². The van der Waals surface area contributed by atoms with E-state index in [2.05, 4.69) is 4.98 Å². The molecule has 0 radical (unpaired) electrons. The highest BCUT2D eigenvalue weighted by molar-refractivity contribution is 5.91. The van der Waals surface area contributed by atoms with Gasteiger partial charge in [-0.1, -0.05) is 6.92 Å². The second-order valence-electron chi connectivity index (χ2n) is 4.60. The number of aryl methyl sites for hydroxylation is 1. The van der Waals surface area contributed by atoms with Gasteiger partial charge in [0.25, 0.3) is 0 Å². The van der Waals surface area contributed by atoms with Crippen molar-refractivity contribution in [3.63, 3.8) is 0 Å². The highest BCUT2D eigenvalue weighted by Crippen LogP contribution is 2.26. The van der Waals surface area contributed by atoms with E-state index in [-0.39, 0.29) is 17.9 Å². The smallest absolute Gasteiger partial charge is 0.339 e. The molecule has 0 unspecified atom stereocenters. The Morgan fingerprint density at radius 3 is 2.81 bits per heavy atom. The Labute approximate surface area is 122 Å². The number of hydrogen-bond acceptors (Lipinski definition) is 4. The van der Waals surface area contributed by atoms with Crippen LogP contribution in [0.2, 0.25) is 0 Å². The Balaban J connectivity index is 2.17. The van der Waals surface area contributed by atoms with Gasteiger partial charge in [0.2, 0.25) is 0 Å². The van der Waals surface area contributed by atoms with Gasteiger partial charge in [0.05, 0.1) is 24.8 Å². The highest BCUT2D eigenvalue weighted by atomic mass is 16.5. The summed E-state index contributed by atoms with van der Waals surface area (Å²) < 4.78 is 12.9. The molecule has 1 aromatic carbocycles. The molecule has 1 heterocycles. The van der Waals surface area contributed by atoms with E-state index in [0.717, 1.165) is 12.1 Å². The standard InChI is InChI=1S/C15H18N2O4/c1-3-6-20-12-4-5-13(15(18)19)14(7-12)21-9-11-8-16-10-17(11)2/h4-5,7-8,10H,3,6,9H2,1-2H3,(H,18,19). The Hall–Kier alpha value is -2.50. The summed E-state index contributed by atoms with van der Waals surface area (Å²) in [5.41, 5.74) is 0.965. The largest absolute Gasteiger partial charge is 0.493 e. The summed E-state index contributed by atoms with van der Waals surface area (Å²) in [6.07, 6.45) is 4.22. The highest BCUT2D eigenvalue weighted by Gasteiger charge is 2.13. The monoisotopic (exact) mass is 290 g/mol. The van der Waals surface area contributed by atoms with E-state index in [9.17, 15) is 9.90 Å². The van der Waals surface area contributed by atoms with Crippen molar-refractivity contribution in [2.45, 2.75) is 20.0 Å². The predicted octanol–water partition coefficient (Wildman–Crippen LogP) is 2.49. The van der Waals surface area contributed by atoms with Gasteiger partial charge in [0.1, 0.15) is 23.7 Å². The van der Waals surface area contributed by atoms with Crippen LogP contribution >= 0.6 is 0 Å². The number of hydrogen-bond donors (Lipinski definition) is 1. The van der Waals surface area contributed by atoms with Crippen LogP contribution in [0.15, 0.2) is 30.7 Å². The normalized spacial score (nSPS) is 10.4. The molecule has 0 amide bonds. The van der Waals surface area contributed by atoms with Crippen molar-refractivity contribution < 1.29 is 19.4 Å². The van der Waals surface area contributed by atoms with E-state index < -0.39 is 5.97 Å². The lowest BCUT2D eigenvalue weighted by Gasteiger charge is -2.12. The molecular weight excluding hydrogens is 272 g/mol. The van der Waals surface area contributed by atoms with Crippen LogP contribution in [0.1, 0.15) is 29.4 Å². The minimum atomic E-state index is -1.03. The molecule has 0 fully saturated rings. The van der Waals surface area contributed by atoms with Crippen LogP contribution < -0.4 is 9.47 Å². The number of aromatic carboxylic acids is 1. The number of ether oxygens (including phenoxy) is 2. The van der Waals surface area contributed by atoms with Gasteiger partial charge in [-0.15, -0.1) is 0 Å². The van der Waals surface area contributed by atoms with Crippen molar-refractivity contribution in [1.29, 1.82) is 0 Å². The molecule has 112 valence electrons. The van der Waals surface area contributed by atoms with Crippen LogP contribution in [0.25, 0.3) is 0 Å². The van der Waals surface area contributed by atoms with Gasteiger partial charge in [-0.3, -0.25) is 0 Å². The van der Waals surface area contributed by atoms with Gasteiger partial charge in [-0.25, -0.2) is 9.78 Å². The maximum absolute atomic E-state index is 11.2. The number of carboxylic acids is 1. The fourth-order valence-corrected chi connectivity index (χ4v) is 1.78. The number of imidazole rings is 1. The molecule has 0 saturated heterocycles. The molecule has 0 aliphatic carbocycles. The molecule has 0 atom stereocenters. The van der Waals surface area contributed by atoms with Crippen molar-refractivity contribution in [1.82, 2.24) is 9.55 Å².